The van der Waals surface area contributed by atoms with Crippen LogP contribution in [0, 0.1) is 11.8 Å². The monoisotopic (exact) mass is 340 g/mol. The minimum Gasteiger partial charge on any atom is -0.469 e. The number of hydrogen-bond acceptors (Lipinski definition) is 5. The molecule has 1 amide bonds. The molecule has 0 bridgehead atoms. The maximum absolute atomic E-state index is 12.3. The Kier molecular flexibility index (Phi) is 6.12. The molecule has 1 saturated carbocycles. The lowest BCUT2D eigenvalue weighted by Gasteiger charge is -2.44. The van der Waals surface area contributed by atoms with E-state index in [2.05, 4.69) is 17.1 Å². The van der Waals surface area contributed by atoms with E-state index in [0.29, 0.717) is 12.0 Å². The highest BCUT2D eigenvalue weighted by Gasteiger charge is 2.43. The number of nitrogens with zero attached hydrogens (tertiary/aromatic N) is 1. The van der Waals surface area contributed by atoms with Gasteiger partial charge in [0.05, 0.1) is 19.2 Å². The van der Waals surface area contributed by atoms with Gasteiger partial charge >= 0.3 is 12.1 Å². The number of nitrogens with one attached hydrogen (secondary N) is 1. The fraction of sp³-hybridized carbons (Fsp3) is 0.889. The van der Waals surface area contributed by atoms with Gasteiger partial charge in [0.25, 0.3) is 0 Å². The molecule has 1 N–H and O–H groups in total. The molecule has 1 aliphatic carbocycles. The minimum absolute atomic E-state index is 0.258. The molecule has 2 rings (SSSR count). The molecule has 0 spiro atoms. The number of likely N-dealkylation sites (tertiary alicyclic amines) is 1. The summed E-state index contributed by atoms with van der Waals surface area (Å²) in [7, 11) is 1.41. The number of ether oxygens (including phenoxy) is 2. The minimum atomic E-state index is -0.564. The number of amides is 1. The first kappa shape index (κ1) is 19.0. The standard InChI is InChI=1S/C18H32N2O4/c1-12-8-6-10-14(12)20-11-7-9-13(16(21)23-5)15(20)19-17(22)24-18(2,3)4/h12-15H,6-11H2,1-5H3,(H,19,22). The Morgan fingerprint density at radius 3 is 2.38 bits per heavy atom. The van der Waals surface area contributed by atoms with Crippen LogP contribution in [0.5, 0.6) is 0 Å². The van der Waals surface area contributed by atoms with Crippen molar-refractivity contribution >= 4 is 12.1 Å². The number of alkyl carbamates (subject to hydrolysis) is 1. The topological polar surface area (TPSA) is 67.9 Å². The van der Waals surface area contributed by atoms with E-state index in [-0.39, 0.29) is 18.1 Å². The largest absolute Gasteiger partial charge is 0.469 e. The van der Waals surface area contributed by atoms with Crippen molar-refractivity contribution in [3.05, 3.63) is 0 Å². The van der Waals surface area contributed by atoms with Gasteiger partial charge in [0.15, 0.2) is 0 Å². The van der Waals surface area contributed by atoms with Crippen LogP contribution in [0.2, 0.25) is 0 Å². The molecule has 4 atom stereocenters. The smallest absolute Gasteiger partial charge is 0.408 e. The molecule has 6 heteroatoms. The molecule has 4 unspecified atom stereocenters. The highest BCUT2D eigenvalue weighted by Crippen LogP contribution is 2.35. The van der Waals surface area contributed by atoms with Crippen LogP contribution < -0.4 is 5.32 Å². The fourth-order valence-electron chi connectivity index (χ4n) is 4.02. The molecule has 0 aromatic heterocycles. The highest BCUT2D eigenvalue weighted by atomic mass is 16.6. The quantitative estimate of drug-likeness (QED) is 0.800. The molecule has 138 valence electrons. The van der Waals surface area contributed by atoms with Crippen molar-refractivity contribution in [3.63, 3.8) is 0 Å². The van der Waals surface area contributed by atoms with E-state index in [0.717, 1.165) is 25.8 Å². The third-order valence-corrected chi connectivity index (χ3v) is 5.08. The number of hydrogen-bond donors (Lipinski definition) is 1. The van der Waals surface area contributed by atoms with E-state index in [1.165, 1.54) is 20.0 Å². The Bertz CT molecular complexity index is 460. The molecular weight excluding hydrogens is 308 g/mol. The SMILES string of the molecule is COC(=O)C1CCCN(C2CCCC2C)C1NC(=O)OC(C)(C)C. The lowest BCUT2D eigenvalue weighted by molar-refractivity contribution is -0.151. The predicted molar refractivity (Wildman–Crippen MR) is 91.4 cm³/mol. The zero-order valence-corrected chi connectivity index (χ0v) is 15.6. The fourth-order valence-corrected chi connectivity index (χ4v) is 4.02. The Morgan fingerprint density at radius 2 is 1.83 bits per heavy atom. The van der Waals surface area contributed by atoms with Gasteiger partial charge in [-0.25, -0.2) is 4.79 Å². The summed E-state index contributed by atoms with van der Waals surface area (Å²) in [4.78, 5) is 26.9. The third-order valence-electron chi connectivity index (χ3n) is 5.08. The molecule has 1 saturated heterocycles. The average molecular weight is 340 g/mol. The van der Waals surface area contributed by atoms with Gasteiger partial charge in [-0.15, -0.1) is 0 Å². The molecule has 0 aromatic carbocycles. The maximum atomic E-state index is 12.3. The number of carbonyl (C=O) groups is 2. The van der Waals surface area contributed by atoms with Crippen molar-refractivity contribution in [1.29, 1.82) is 0 Å². The number of carbonyl (C=O) groups excluding carboxylic acids is 2. The van der Waals surface area contributed by atoms with Gasteiger partial charge in [-0.2, -0.15) is 0 Å². The van der Waals surface area contributed by atoms with Crippen molar-refractivity contribution in [2.75, 3.05) is 13.7 Å². The van der Waals surface area contributed by atoms with E-state index < -0.39 is 11.7 Å². The molecule has 0 aromatic rings. The first-order valence-corrected chi connectivity index (χ1v) is 9.06. The summed E-state index contributed by atoms with van der Waals surface area (Å²) >= 11 is 0. The van der Waals surface area contributed by atoms with Crippen molar-refractivity contribution < 1.29 is 19.1 Å². The second-order valence-corrected chi connectivity index (χ2v) is 8.08. The first-order chi connectivity index (χ1) is 11.2. The van der Waals surface area contributed by atoms with Gasteiger partial charge < -0.3 is 14.8 Å². The van der Waals surface area contributed by atoms with Gasteiger partial charge in [-0.1, -0.05) is 13.3 Å². The second kappa shape index (κ2) is 7.72. The molecule has 1 heterocycles. The van der Waals surface area contributed by atoms with Gasteiger partial charge in [-0.3, -0.25) is 9.69 Å². The third kappa shape index (κ3) is 4.62. The van der Waals surface area contributed by atoms with E-state index in [1.807, 2.05) is 20.8 Å². The summed E-state index contributed by atoms with van der Waals surface area (Å²) in [6, 6.07) is 0.400. The number of rotatable bonds is 3. The molecule has 0 radical (unpaired) electrons. The van der Waals surface area contributed by atoms with E-state index >= 15 is 0 Å². The Balaban J connectivity index is 2.17. The number of methoxy groups -OCH3 is 1. The van der Waals surface area contributed by atoms with Gasteiger partial charge in [0, 0.05) is 12.6 Å². The van der Waals surface area contributed by atoms with Gasteiger partial charge in [0.2, 0.25) is 0 Å². The molecular formula is C18H32N2O4. The Labute approximate surface area is 145 Å². The van der Waals surface area contributed by atoms with E-state index in [4.69, 9.17) is 9.47 Å². The summed E-state index contributed by atoms with van der Waals surface area (Å²) in [6.07, 6.45) is 4.35. The van der Waals surface area contributed by atoms with Gasteiger partial charge in [-0.05, 0) is 52.4 Å². The van der Waals surface area contributed by atoms with E-state index in [9.17, 15) is 9.59 Å². The number of esters is 1. The second-order valence-electron chi connectivity index (χ2n) is 8.08. The number of piperidine rings is 1. The van der Waals surface area contributed by atoms with Crippen LogP contribution in [0.15, 0.2) is 0 Å². The summed E-state index contributed by atoms with van der Waals surface area (Å²) in [5.74, 6) is -0.0280. The lowest BCUT2D eigenvalue weighted by atomic mass is 9.91. The van der Waals surface area contributed by atoms with Crippen molar-refractivity contribution in [1.82, 2.24) is 10.2 Å². The first-order valence-electron chi connectivity index (χ1n) is 9.06. The molecule has 1 aliphatic heterocycles. The normalized spacial score (nSPS) is 31.5. The summed E-state index contributed by atoms with van der Waals surface area (Å²) in [5.41, 5.74) is -0.564. The zero-order valence-electron chi connectivity index (χ0n) is 15.6. The van der Waals surface area contributed by atoms with Crippen LogP contribution in [-0.4, -0.2) is 48.4 Å². The van der Waals surface area contributed by atoms with Crippen molar-refractivity contribution in [2.45, 2.75) is 77.6 Å². The van der Waals surface area contributed by atoms with Crippen molar-refractivity contribution in [2.24, 2.45) is 11.8 Å². The molecule has 6 nitrogen and oxygen atoms in total. The summed E-state index contributed by atoms with van der Waals surface area (Å²) in [6.45, 7) is 8.65. The Morgan fingerprint density at radius 1 is 1.12 bits per heavy atom. The van der Waals surface area contributed by atoms with Crippen molar-refractivity contribution in [3.8, 4) is 0 Å². The van der Waals surface area contributed by atoms with E-state index in [1.54, 1.807) is 0 Å². The lowest BCUT2D eigenvalue weighted by Crippen LogP contribution is -2.61. The molecule has 2 fully saturated rings. The summed E-state index contributed by atoms with van der Waals surface area (Å²) < 4.78 is 10.4. The van der Waals surface area contributed by atoms with Crippen LogP contribution in [0.1, 0.15) is 59.8 Å². The molecule has 2 aliphatic rings. The maximum Gasteiger partial charge on any atom is 0.408 e. The predicted octanol–water partition coefficient (Wildman–Crippen LogP) is 2.91. The van der Waals surface area contributed by atoms with Crippen LogP contribution in [0.3, 0.4) is 0 Å². The molecule has 24 heavy (non-hydrogen) atoms. The van der Waals surface area contributed by atoms with Crippen LogP contribution in [0.4, 0.5) is 4.79 Å². The van der Waals surface area contributed by atoms with Crippen LogP contribution in [-0.2, 0) is 14.3 Å². The average Bonchev–Trinajstić information content (AvgIpc) is 2.90. The Hall–Kier alpha value is -1.30. The highest BCUT2D eigenvalue weighted by molar-refractivity contribution is 5.75. The van der Waals surface area contributed by atoms with Gasteiger partial charge in [0.1, 0.15) is 5.60 Å². The summed E-state index contributed by atoms with van der Waals surface area (Å²) in [5, 5.41) is 2.95. The zero-order chi connectivity index (χ0) is 17.9. The van der Waals surface area contributed by atoms with Crippen LogP contribution in [0.25, 0.3) is 0 Å². The van der Waals surface area contributed by atoms with Crippen LogP contribution >= 0.6 is 0 Å².